The normalized spacial score (nSPS) is 14.6. The van der Waals surface area contributed by atoms with Crippen molar-refractivity contribution in [2.24, 2.45) is 10.9 Å². The Hall–Kier alpha value is -3.73. The van der Waals surface area contributed by atoms with Crippen molar-refractivity contribution in [1.82, 2.24) is 4.90 Å². The van der Waals surface area contributed by atoms with Gasteiger partial charge in [0, 0.05) is 23.9 Å². The summed E-state index contributed by atoms with van der Waals surface area (Å²) in [6.07, 6.45) is 2.68. The van der Waals surface area contributed by atoms with Gasteiger partial charge in [0.1, 0.15) is 5.75 Å². The molecule has 2 amide bonds. The number of amides is 2. The molecule has 5 nitrogen and oxygen atoms in total. The fourth-order valence-electron chi connectivity index (χ4n) is 4.37. The first-order valence-corrected chi connectivity index (χ1v) is 11.6. The Kier molecular flexibility index (Phi) is 6.92. The molecule has 0 bridgehead atoms. The number of methoxy groups -OCH3 is 1. The maximum Gasteiger partial charge on any atom is 0.254 e. The molecule has 4 rings (SSSR count). The Bertz CT molecular complexity index is 1360. The molecule has 0 spiro atoms. The average Bonchev–Trinajstić information content (AvgIpc) is 2.85. The van der Waals surface area contributed by atoms with Crippen LogP contribution in [0.25, 0.3) is 6.08 Å². The van der Waals surface area contributed by atoms with Crippen LogP contribution in [0.4, 0.5) is 0 Å². The molecule has 34 heavy (non-hydrogen) atoms. The minimum absolute atomic E-state index is 0.125. The summed E-state index contributed by atoms with van der Waals surface area (Å²) < 4.78 is 5.31. The molecule has 0 fully saturated rings. The van der Waals surface area contributed by atoms with Crippen LogP contribution in [0.15, 0.2) is 65.7 Å². The third-order valence-electron chi connectivity index (χ3n) is 6.48. The third kappa shape index (κ3) is 4.93. The first-order valence-electron chi connectivity index (χ1n) is 11.6. The van der Waals surface area contributed by atoms with Crippen LogP contribution in [-0.2, 0) is 11.2 Å². The molecule has 1 aliphatic heterocycles. The minimum Gasteiger partial charge on any atom is -0.497 e. The molecular formula is C29H30N2O3. The number of benzene rings is 3. The summed E-state index contributed by atoms with van der Waals surface area (Å²) in [4.78, 5) is 32.7. The van der Waals surface area contributed by atoms with Crippen molar-refractivity contribution in [1.29, 1.82) is 0 Å². The van der Waals surface area contributed by atoms with Crippen LogP contribution in [0.5, 0.6) is 5.75 Å². The Labute approximate surface area is 200 Å². The van der Waals surface area contributed by atoms with Gasteiger partial charge in [-0.3, -0.25) is 9.59 Å². The van der Waals surface area contributed by atoms with E-state index in [4.69, 9.17) is 4.74 Å². The molecule has 1 aliphatic rings. The smallest absolute Gasteiger partial charge is 0.254 e. The maximum absolute atomic E-state index is 13.6. The van der Waals surface area contributed by atoms with Gasteiger partial charge in [-0.1, -0.05) is 48.5 Å². The van der Waals surface area contributed by atoms with Gasteiger partial charge in [-0.25, -0.2) is 4.99 Å². The lowest BCUT2D eigenvalue weighted by atomic mass is 9.98. The zero-order chi connectivity index (χ0) is 24.2. The number of hydrogen-bond acceptors (Lipinski definition) is 3. The predicted octanol–water partition coefficient (Wildman–Crippen LogP) is 3.56. The number of rotatable bonds is 7. The van der Waals surface area contributed by atoms with Crippen molar-refractivity contribution in [3.8, 4) is 5.75 Å². The van der Waals surface area contributed by atoms with Crippen molar-refractivity contribution < 1.29 is 14.3 Å². The van der Waals surface area contributed by atoms with Crippen molar-refractivity contribution in [2.45, 2.75) is 27.2 Å². The summed E-state index contributed by atoms with van der Waals surface area (Å²) in [6, 6.07) is 19.3. The lowest BCUT2D eigenvalue weighted by molar-refractivity contribution is -0.120. The Morgan fingerprint density at radius 3 is 2.50 bits per heavy atom. The third-order valence-corrected chi connectivity index (χ3v) is 6.48. The highest BCUT2D eigenvalue weighted by Crippen LogP contribution is 2.18. The van der Waals surface area contributed by atoms with E-state index in [2.05, 4.69) is 24.0 Å². The Morgan fingerprint density at radius 1 is 0.971 bits per heavy atom. The fourth-order valence-corrected chi connectivity index (χ4v) is 4.37. The van der Waals surface area contributed by atoms with Gasteiger partial charge in [-0.05, 0) is 67.6 Å². The molecule has 0 aromatic heterocycles. The van der Waals surface area contributed by atoms with Crippen LogP contribution in [0.1, 0.15) is 32.6 Å². The van der Waals surface area contributed by atoms with Crippen LogP contribution in [-0.4, -0.2) is 36.9 Å². The van der Waals surface area contributed by atoms with E-state index in [1.807, 2.05) is 50.3 Å². The van der Waals surface area contributed by atoms with E-state index in [9.17, 15) is 9.59 Å². The van der Waals surface area contributed by atoms with Crippen LogP contribution in [0.3, 0.4) is 0 Å². The van der Waals surface area contributed by atoms with Crippen molar-refractivity contribution in [3.63, 3.8) is 0 Å². The van der Waals surface area contributed by atoms with Gasteiger partial charge < -0.3 is 9.64 Å². The quantitative estimate of drug-likeness (QED) is 0.549. The zero-order valence-electron chi connectivity index (χ0n) is 20.2. The molecule has 174 valence electrons. The summed E-state index contributed by atoms with van der Waals surface area (Å²) in [5.41, 5.74) is 4.97. The SMILES string of the molecule is COc1cccc(C(=O)N(CCc2ccccc2C)CC2C=c3c(C)ccc(C)c3=NC2=O)c1. The molecule has 0 radical (unpaired) electrons. The second-order valence-corrected chi connectivity index (χ2v) is 8.84. The average molecular weight is 455 g/mol. The molecule has 0 N–H and O–H groups in total. The highest BCUT2D eigenvalue weighted by Gasteiger charge is 2.26. The Morgan fingerprint density at radius 2 is 1.74 bits per heavy atom. The van der Waals surface area contributed by atoms with Crippen LogP contribution < -0.4 is 15.3 Å². The van der Waals surface area contributed by atoms with E-state index < -0.39 is 5.92 Å². The molecule has 5 heteroatoms. The van der Waals surface area contributed by atoms with E-state index in [1.54, 1.807) is 30.2 Å². The van der Waals surface area contributed by atoms with Crippen LogP contribution in [0.2, 0.25) is 0 Å². The molecule has 3 aromatic rings. The summed E-state index contributed by atoms with van der Waals surface area (Å²) >= 11 is 0. The van der Waals surface area contributed by atoms with Crippen LogP contribution in [0, 0.1) is 26.7 Å². The fraction of sp³-hybridized carbons (Fsp3) is 0.276. The van der Waals surface area contributed by atoms with Crippen molar-refractivity contribution >= 4 is 17.9 Å². The zero-order valence-corrected chi connectivity index (χ0v) is 20.2. The standard InChI is InChI=1S/C29H30N2O3/c1-19-8-5-6-9-22(19)14-15-31(29(33)23-10-7-11-25(16-23)34-4)18-24-17-26-20(2)12-13-21(3)27(26)30-28(24)32/h5-13,16-17,24H,14-15,18H2,1-4H3. The van der Waals surface area contributed by atoms with Crippen molar-refractivity contribution in [2.75, 3.05) is 20.2 Å². The first kappa shape index (κ1) is 23.4. The van der Waals surface area contributed by atoms with Crippen LogP contribution >= 0.6 is 0 Å². The van der Waals surface area contributed by atoms with E-state index in [1.165, 1.54) is 11.1 Å². The molecule has 0 saturated carbocycles. The lowest BCUT2D eigenvalue weighted by Gasteiger charge is -2.27. The number of fused-ring (bicyclic) bond motifs is 1. The van der Waals surface area contributed by atoms with Gasteiger partial charge in [0.2, 0.25) is 0 Å². The van der Waals surface area contributed by atoms with Crippen molar-refractivity contribution in [3.05, 3.63) is 99.1 Å². The molecule has 0 saturated heterocycles. The molecule has 1 heterocycles. The minimum atomic E-state index is -0.487. The Balaban J connectivity index is 1.66. The molecule has 3 aromatic carbocycles. The number of nitrogens with zero attached hydrogens (tertiary/aromatic N) is 2. The first-order chi connectivity index (χ1) is 16.4. The number of hydrogen-bond donors (Lipinski definition) is 0. The second kappa shape index (κ2) is 10.0. The monoisotopic (exact) mass is 454 g/mol. The lowest BCUT2D eigenvalue weighted by Crippen LogP contribution is -2.43. The summed E-state index contributed by atoms with van der Waals surface area (Å²) in [7, 11) is 1.58. The number of carbonyl (C=O) groups excluding carboxylic acids is 2. The van der Waals surface area contributed by atoms with E-state index >= 15 is 0 Å². The molecule has 0 aliphatic carbocycles. The summed E-state index contributed by atoms with van der Waals surface area (Å²) in [6.45, 7) is 6.83. The molecular weight excluding hydrogens is 424 g/mol. The maximum atomic E-state index is 13.6. The summed E-state index contributed by atoms with van der Waals surface area (Å²) in [5, 5.41) is 1.73. The van der Waals surface area contributed by atoms with Gasteiger partial charge in [-0.2, -0.15) is 0 Å². The highest BCUT2D eigenvalue weighted by molar-refractivity contribution is 5.95. The van der Waals surface area contributed by atoms with E-state index in [0.717, 1.165) is 21.7 Å². The highest BCUT2D eigenvalue weighted by atomic mass is 16.5. The topological polar surface area (TPSA) is 59.0 Å². The number of ether oxygens (including phenoxy) is 1. The van der Waals surface area contributed by atoms with Gasteiger partial charge in [-0.15, -0.1) is 0 Å². The molecule has 1 atom stereocenters. The van der Waals surface area contributed by atoms with Gasteiger partial charge in [0.25, 0.3) is 11.8 Å². The van der Waals surface area contributed by atoms with E-state index in [0.29, 0.717) is 24.3 Å². The molecule has 1 unspecified atom stereocenters. The van der Waals surface area contributed by atoms with Gasteiger partial charge in [0.15, 0.2) is 0 Å². The number of aryl methyl sites for hydroxylation is 3. The van der Waals surface area contributed by atoms with Gasteiger partial charge in [0.05, 0.1) is 18.4 Å². The second-order valence-electron chi connectivity index (χ2n) is 8.84. The largest absolute Gasteiger partial charge is 0.497 e. The van der Waals surface area contributed by atoms with Gasteiger partial charge >= 0.3 is 0 Å². The number of carbonyl (C=O) groups is 2. The van der Waals surface area contributed by atoms with E-state index in [-0.39, 0.29) is 18.4 Å². The summed E-state index contributed by atoms with van der Waals surface area (Å²) in [5.74, 6) is -0.194. The predicted molar refractivity (Wildman–Crippen MR) is 133 cm³/mol.